The van der Waals surface area contributed by atoms with E-state index in [1.807, 2.05) is 0 Å². The Labute approximate surface area is 189 Å². The first-order chi connectivity index (χ1) is 14.7. The van der Waals surface area contributed by atoms with Gasteiger partial charge in [0.2, 0.25) is 0 Å². The third-order valence-electron chi connectivity index (χ3n) is 4.66. The Morgan fingerprint density at radius 3 is 2.29 bits per heavy atom. The van der Waals surface area contributed by atoms with Gasteiger partial charge in [0.25, 0.3) is 0 Å². The molecular weight excluding hydrogens is 444 g/mol. The average molecular weight is 464 g/mol. The number of nitrogens with two attached hydrogens (primary N) is 1. The highest BCUT2D eigenvalue weighted by Gasteiger charge is 2.18. The van der Waals surface area contributed by atoms with Gasteiger partial charge in [-0.2, -0.15) is 0 Å². The van der Waals surface area contributed by atoms with Crippen molar-refractivity contribution < 1.29 is 23.8 Å². The van der Waals surface area contributed by atoms with Crippen LogP contribution < -0.4 is 15.2 Å². The standard InChI is InChI=1S/C23H20Cl2FNO4/c1-13(23(28)29)15-9-19(24)22(20(25)10-15)31-12-16-8-18(27)6-7-21(16)30-11-14-2-4-17(26)5-3-14/h2-10,13H,11-12,27H2,1H3,(H,28,29). The van der Waals surface area contributed by atoms with Gasteiger partial charge >= 0.3 is 5.97 Å². The van der Waals surface area contributed by atoms with E-state index in [0.717, 1.165) is 5.56 Å². The summed E-state index contributed by atoms with van der Waals surface area (Å²) in [6, 6.07) is 14.2. The van der Waals surface area contributed by atoms with Gasteiger partial charge in [0.05, 0.1) is 16.0 Å². The first-order valence-electron chi connectivity index (χ1n) is 9.34. The zero-order valence-electron chi connectivity index (χ0n) is 16.6. The number of hydrogen-bond acceptors (Lipinski definition) is 4. The molecule has 0 radical (unpaired) electrons. The first-order valence-corrected chi connectivity index (χ1v) is 10.1. The van der Waals surface area contributed by atoms with E-state index in [-0.39, 0.29) is 34.8 Å². The van der Waals surface area contributed by atoms with Gasteiger partial charge in [0.1, 0.15) is 24.8 Å². The SMILES string of the molecule is CC(C(=O)O)c1cc(Cl)c(OCc2cc(N)ccc2OCc2ccc(F)cc2)c(Cl)c1. The van der Waals surface area contributed by atoms with Gasteiger partial charge in [-0.3, -0.25) is 4.79 Å². The summed E-state index contributed by atoms with van der Waals surface area (Å²) in [7, 11) is 0. The van der Waals surface area contributed by atoms with E-state index < -0.39 is 11.9 Å². The van der Waals surface area contributed by atoms with Crippen LogP contribution in [0.1, 0.15) is 29.5 Å². The zero-order valence-corrected chi connectivity index (χ0v) is 18.1. The first kappa shape index (κ1) is 22.7. The van der Waals surface area contributed by atoms with Crippen molar-refractivity contribution in [3.8, 4) is 11.5 Å². The van der Waals surface area contributed by atoms with E-state index in [1.54, 1.807) is 37.3 Å². The van der Waals surface area contributed by atoms with Crippen LogP contribution in [-0.4, -0.2) is 11.1 Å². The molecule has 3 N–H and O–H groups in total. The lowest BCUT2D eigenvalue weighted by molar-refractivity contribution is -0.138. The summed E-state index contributed by atoms with van der Waals surface area (Å²) < 4.78 is 24.7. The van der Waals surface area contributed by atoms with E-state index in [1.165, 1.54) is 24.3 Å². The summed E-state index contributed by atoms with van der Waals surface area (Å²) in [5.74, 6) is -1.28. The van der Waals surface area contributed by atoms with Crippen molar-refractivity contribution in [2.75, 3.05) is 5.73 Å². The number of ether oxygens (including phenoxy) is 2. The molecule has 0 amide bonds. The molecule has 1 atom stereocenters. The number of benzene rings is 3. The number of anilines is 1. The molecule has 1 unspecified atom stereocenters. The van der Waals surface area contributed by atoms with Gasteiger partial charge in [-0.05, 0) is 60.5 Å². The van der Waals surface area contributed by atoms with E-state index in [4.69, 9.17) is 38.4 Å². The number of hydrogen-bond donors (Lipinski definition) is 2. The largest absolute Gasteiger partial charge is 0.488 e. The number of halogens is 3. The van der Waals surface area contributed by atoms with Crippen LogP contribution >= 0.6 is 23.2 Å². The van der Waals surface area contributed by atoms with Crippen molar-refractivity contribution >= 4 is 34.9 Å². The summed E-state index contributed by atoms with van der Waals surface area (Å²) >= 11 is 12.6. The highest BCUT2D eigenvalue weighted by Crippen LogP contribution is 2.37. The van der Waals surface area contributed by atoms with Crippen LogP contribution in [0.3, 0.4) is 0 Å². The fourth-order valence-electron chi connectivity index (χ4n) is 2.85. The molecule has 3 aromatic carbocycles. The van der Waals surface area contributed by atoms with E-state index in [0.29, 0.717) is 22.6 Å². The minimum Gasteiger partial charge on any atom is -0.488 e. The second kappa shape index (κ2) is 9.90. The Balaban J connectivity index is 1.76. The Hall–Kier alpha value is -2.96. The topological polar surface area (TPSA) is 81.8 Å². The van der Waals surface area contributed by atoms with Crippen molar-refractivity contribution in [2.24, 2.45) is 0 Å². The molecule has 0 bridgehead atoms. The fourth-order valence-corrected chi connectivity index (χ4v) is 3.47. The van der Waals surface area contributed by atoms with Gasteiger partial charge in [-0.1, -0.05) is 35.3 Å². The molecule has 5 nitrogen and oxygen atoms in total. The van der Waals surface area contributed by atoms with Gasteiger partial charge < -0.3 is 20.3 Å². The maximum absolute atomic E-state index is 13.1. The lowest BCUT2D eigenvalue weighted by Gasteiger charge is -2.16. The number of rotatable bonds is 8. The quantitative estimate of drug-likeness (QED) is 0.396. The summed E-state index contributed by atoms with van der Waals surface area (Å²) in [5, 5.41) is 9.58. The van der Waals surface area contributed by atoms with Crippen LogP contribution in [0, 0.1) is 5.82 Å². The van der Waals surface area contributed by atoms with Crippen LogP contribution in [0.4, 0.5) is 10.1 Å². The van der Waals surface area contributed by atoms with Crippen LogP contribution in [-0.2, 0) is 18.0 Å². The predicted octanol–water partition coefficient (Wildman–Crippen LogP) is 6.06. The van der Waals surface area contributed by atoms with Gasteiger partial charge in [0, 0.05) is 11.3 Å². The lowest BCUT2D eigenvalue weighted by atomic mass is 10.0. The number of aliphatic carboxylic acids is 1. The minimum absolute atomic E-state index is 0.0665. The van der Waals surface area contributed by atoms with E-state index in [9.17, 15) is 14.3 Å². The number of carboxylic acids is 1. The second-order valence-corrected chi connectivity index (χ2v) is 7.76. The Morgan fingerprint density at radius 1 is 1.03 bits per heavy atom. The molecule has 0 saturated heterocycles. The van der Waals surface area contributed by atoms with Crippen molar-refractivity contribution in [1.29, 1.82) is 0 Å². The second-order valence-electron chi connectivity index (χ2n) is 6.94. The lowest BCUT2D eigenvalue weighted by Crippen LogP contribution is -2.08. The number of nitrogen functional groups attached to an aromatic ring is 1. The van der Waals surface area contributed by atoms with Crippen LogP contribution in [0.5, 0.6) is 11.5 Å². The van der Waals surface area contributed by atoms with E-state index in [2.05, 4.69) is 0 Å². The average Bonchev–Trinajstić information content (AvgIpc) is 2.73. The number of carboxylic acid groups (broad SMARTS) is 1. The predicted molar refractivity (Wildman–Crippen MR) is 118 cm³/mol. The van der Waals surface area contributed by atoms with Crippen molar-refractivity contribution in [3.05, 3.63) is 87.2 Å². The fraction of sp³-hybridized carbons (Fsp3) is 0.174. The molecule has 3 rings (SSSR count). The minimum atomic E-state index is -0.983. The molecule has 0 aliphatic heterocycles. The van der Waals surface area contributed by atoms with Gasteiger partial charge in [-0.25, -0.2) is 4.39 Å². The Morgan fingerprint density at radius 2 is 1.68 bits per heavy atom. The number of carbonyl (C=O) groups is 1. The van der Waals surface area contributed by atoms with Gasteiger partial charge in [0.15, 0.2) is 5.75 Å². The molecular formula is C23H20Cl2FNO4. The maximum atomic E-state index is 13.1. The summed E-state index contributed by atoms with van der Waals surface area (Å²) in [5.41, 5.74) is 8.37. The van der Waals surface area contributed by atoms with Crippen molar-refractivity contribution in [1.82, 2.24) is 0 Å². The third kappa shape index (κ3) is 5.81. The molecule has 0 spiro atoms. The van der Waals surface area contributed by atoms with Crippen molar-refractivity contribution in [2.45, 2.75) is 26.1 Å². The Kier molecular flexibility index (Phi) is 7.25. The third-order valence-corrected chi connectivity index (χ3v) is 5.22. The van der Waals surface area contributed by atoms with Crippen LogP contribution in [0.2, 0.25) is 10.0 Å². The summed E-state index contributed by atoms with van der Waals surface area (Å²) in [6.45, 7) is 1.85. The molecule has 0 aliphatic rings. The zero-order chi connectivity index (χ0) is 22.5. The molecule has 0 fully saturated rings. The summed E-state index contributed by atoms with van der Waals surface area (Å²) in [6.07, 6.45) is 0. The van der Waals surface area contributed by atoms with Crippen molar-refractivity contribution in [3.63, 3.8) is 0 Å². The summed E-state index contributed by atoms with van der Waals surface area (Å²) in [4.78, 5) is 11.2. The molecule has 31 heavy (non-hydrogen) atoms. The Bertz CT molecular complexity index is 1070. The van der Waals surface area contributed by atoms with E-state index >= 15 is 0 Å². The molecule has 162 valence electrons. The monoisotopic (exact) mass is 463 g/mol. The highest BCUT2D eigenvalue weighted by molar-refractivity contribution is 6.37. The normalized spacial score (nSPS) is 11.7. The highest BCUT2D eigenvalue weighted by atomic mass is 35.5. The van der Waals surface area contributed by atoms with Crippen LogP contribution in [0.25, 0.3) is 0 Å². The smallest absolute Gasteiger partial charge is 0.310 e. The van der Waals surface area contributed by atoms with Gasteiger partial charge in [-0.15, -0.1) is 0 Å². The molecule has 0 heterocycles. The molecule has 3 aromatic rings. The molecule has 8 heteroatoms. The maximum Gasteiger partial charge on any atom is 0.310 e. The molecule has 0 aromatic heterocycles. The van der Waals surface area contributed by atoms with Crippen LogP contribution in [0.15, 0.2) is 54.6 Å². The molecule has 0 aliphatic carbocycles. The molecule has 0 saturated carbocycles.